The fourth-order valence-corrected chi connectivity index (χ4v) is 1.62. The molecule has 106 valence electrons. The molecule has 1 amide bonds. The van der Waals surface area contributed by atoms with Crippen LogP contribution in [0.2, 0.25) is 0 Å². The minimum Gasteiger partial charge on any atom is -0.355 e. The van der Waals surface area contributed by atoms with Gasteiger partial charge in [-0.1, -0.05) is 50.1 Å². The van der Waals surface area contributed by atoms with Gasteiger partial charge in [-0.2, -0.15) is 5.48 Å². The molecule has 0 bridgehead atoms. The average molecular weight is 264 g/mol. The van der Waals surface area contributed by atoms with Crippen LogP contribution in [0, 0.1) is 0 Å². The minimum atomic E-state index is -0.342. The molecule has 0 saturated heterocycles. The highest BCUT2D eigenvalue weighted by atomic mass is 16.6. The number of carbonyl (C=O) groups is 1. The summed E-state index contributed by atoms with van der Waals surface area (Å²) in [6.45, 7) is 5.12. The van der Waals surface area contributed by atoms with Crippen molar-refractivity contribution in [1.29, 1.82) is 0 Å². The first-order valence-electron chi connectivity index (χ1n) is 6.93. The molecule has 2 N–H and O–H groups in total. The summed E-state index contributed by atoms with van der Waals surface area (Å²) in [4.78, 5) is 17.0. The maximum atomic E-state index is 11.7. The molecule has 1 rings (SSSR count). The number of unbranched alkanes of at least 4 members (excludes halogenated alkanes) is 2. The Hall–Kier alpha value is -1.39. The quantitative estimate of drug-likeness (QED) is 0.532. The molecule has 4 nitrogen and oxygen atoms in total. The first-order chi connectivity index (χ1) is 9.24. The van der Waals surface area contributed by atoms with Gasteiger partial charge in [-0.3, -0.25) is 9.63 Å². The van der Waals surface area contributed by atoms with Crippen LogP contribution in [0.3, 0.4) is 0 Å². The molecule has 0 saturated carbocycles. The Balaban J connectivity index is 2.12. The van der Waals surface area contributed by atoms with Crippen molar-refractivity contribution in [3.05, 3.63) is 35.9 Å². The van der Waals surface area contributed by atoms with E-state index < -0.39 is 0 Å². The van der Waals surface area contributed by atoms with Crippen molar-refractivity contribution in [2.45, 2.75) is 45.8 Å². The van der Waals surface area contributed by atoms with Gasteiger partial charge in [0.15, 0.2) is 0 Å². The van der Waals surface area contributed by atoms with Crippen LogP contribution in [-0.2, 0) is 16.2 Å². The maximum absolute atomic E-state index is 11.7. The number of benzene rings is 1. The first-order valence-corrected chi connectivity index (χ1v) is 6.93. The van der Waals surface area contributed by atoms with E-state index in [0.29, 0.717) is 6.61 Å². The zero-order chi connectivity index (χ0) is 13.9. The molecule has 19 heavy (non-hydrogen) atoms. The highest BCUT2D eigenvalue weighted by Gasteiger charge is 2.11. The number of nitrogens with one attached hydrogen (secondary N) is 2. The Morgan fingerprint density at radius 1 is 1.26 bits per heavy atom. The van der Waals surface area contributed by atoms with Crippen LogP contribution in [0.15, 0.2) is 30.3 Å². The van der Waals surface area contributed by atoms with Crippen LogP contribution >= 0.6 is 0 Å². The third kappa shape index (κ3) is 6.94. The summed E-state index contributed by atoms with van der Waals surface area (Å²) >= 11 is 0. The standard InChI is InChI=1S/C15H24N2O2/c1-3-4-8-11-16-15(18)13(2)17-19-12-14-9-6-5-7-10-14/h5-7,9-10,13,17H,3-4,8,11-12H2,1-2H3,(H,16,18). The Kier molecular flexibility index (Phi) is 7.86. The monoisotopic (exact) mass is 264 g/mol. The number of rotatable bonds is 9. The Morgan fingerprint density at radius 2 is 2.00 bits per heavy atom. The zero-order valence-corrected chi connectivity index (χ0v) is 11.8. The Bertz CT molecular complexity index is 354. The summed E-state index contributed by atoms with van der Waals surface area (Å²) in [5, 5.41) is 2.88. The highest BCUT2D eigenvalue weighted by molar-refractivity contribution is 5.81. The first kappa shape index (κ1) is 15.7. The fraction of sp³-hybridized carbons (Fsp3) is 0.533. The lowest BCUT2D eigenvalue weighted by atomic mass is 10.2. The van der Waals surface area contributed by atoms with E-state index in [1.807, 2.05) is 30.3 Å². The van der Waals surface area contributed by atoms with E-state index in [-0.39, 0.29) is 11.9 Å². The average Bonchev–Trinajstić information content (AvgIpc) is 2.44. The molecule has 0 fully saturated rings. The summed E-state index contributed by atoms with van der Waals surface area (Å²) < 4.78 is 0. The number of carbonyl (C=O) groups excluding carboxylic acids is 1. The summed E-state index contributed by atoms with van der Waals surface area (Å²) in [6, 6.07) is 9.51. The summed E-state index contributed by atoms with van der Waals surface area (Å²) in [7, 11) is 0. The second-order valence-corrected chi connectivity index (χ2v) is 4.61. The van der Waals surface area contributed by atoms with E-state index in [4.69, 9.17) is 4.84 Å². The number of hydrogen-bond donors (Lipinski definition) is 2. The van der Waals surface area contributed by atoms with E-state index in [1.54, 1.807) is 6.92 Å². The number of amides is 1. The Morgan fingerprint density at radius 3 is 2.68 bits per heavy atom. The maximum Gasteiger partial charge on any atom is 0.239 e. The molecule has 0 aromatic heterocycles. The lowest BCUT2D eigenvalue weighted by molar-refractivity contribution is -0.127. The van der Waals surface area contributed by atoms with Crippen molar-refractivity contribution < 1.29 is 9.63 Å². The second kappa shape index (κ2) is 9.53. The predicted molar refractivity (Wildman–Crippen MR) is 76.4 cm³/mol. The van der Waals surface area contributed by atoms with Crippen molar-refractivity contribution in [3.8, 4) is 0 Å². The Labute approximate surface area is 115 Å². The molecule has 0 heterocycles. The van der Waals surface area contributed by atoms with Gasteiger partial charge in [0.1, 0.15) is 6.04 Å². The third-order valence-corrected chi connectivity index (χ3v) is 2.81. The molecule has 0 aliphatic carbocycles. The molecular weight excluding hydrogens is 240 g/mol. The van der Waals surface area contributed by atoms with E-state index in [0.717, 1.165) is 31.4 Å². The van der Waals surface area contributed by atoms with Gasteiger partial charge in [-0.05, 0) is 18.9 Å². The van der Waals surface area contributed by atoms with Crippen LogP contribution in [0.1, 0.15) is 38.7 Å². The molecule has 4 heteroatoms. The molecule has 1 atom stereocenters. The third-order valence-electron chi connectivity index (χ3n) is 2.81. The molecule has 1 aromatic rings. The van der Waals surface area contributed by atoms with Crippen LogP contribution < -0.4 is 10.8 Å². The van der Waals surface area contributed by atoms with E-state index in [2.05, 4.69) is 17.7 Å². The SMILES string of the molecule is CCCCCNC(=O)C(C)NOCc1ccccc1. The van der Waals surface area contributed by atoms with Gasteiger partial charge in [0, 0.05) is 6.54 Å². The lowest BCUT2D eigenvalue weighted by Gasteiger charge is -2.14. The van der Waals surface area contributed by atoms with E-state index >= 15 is 0 Å². The van der Waals surface area contributed by atoms with Crippen LogP contribution in [0.25, 0.3) is 0 Å². The van der Waals surface area contributed by atoms with Crippen molar-refractivity contribution in [1.82, 2.24) is 10.8 Å². The molecule has 1 unspecified atom stereocenters. The van der Waals surface area contributed by atoms with Gasteiger partial charge in [-0.25, -0.2) is 0 Å². The van der Waals surface area contributed by atoms with Gasteiger partial charge in [0.2, 0.25) is 5.91 Å². The van der Waals surface area contributed by atoms with Crippen LogP contribution in [0.4, 0.5) is 0 Å². The predicted octanol–water partition coefficient (Wildman–Crippen LogP) is 2.40. The van der Waals surface area contributed by atoms with E-state index in [9.17, 15) is 4.79 Å². The number of hydroxylamine groups is 1. The summed E-state index contributed by atoms with van der Waals surface area (Å²) in [6.07, 6.45) is 3.33. The summed E-state index contributed by atoms with van der Waals surface area (Å²) in [5.41, 5.74) is 3.83. The minimum absolute atomic E-state index is 0.0239. The van der Waals surface area contributed by atoms with Gasteiger partial charge in [0.25, 0.3) is 0 Å². The normalized spacial score (nSPS) is 12.1. The molecule has 0 spiro atoms. The number of hydrogen-bond acceptors (Lipinski definition) is 3. The van der Waals surface area contributed by atoms with Crippen molar-refractivity contribution in [2.75, 3.05) is 6.54 Å². The molecule has 0 aliphatic heterocycles. The molecule has 0 aliphatic rings. The van der Waals surface area contributed by atoms with Crippen LogP contribution in [0.5, 0.6) is 0 Å². The molecular formula is C15H24N2O2. The highest BCUT2D eigenvalue weighted by Crippen LogP contribution is 1.99. The smallest absolute Gasteiger partial charge is 0.239 e. The van der Waals surface area contributed by atoms with Crippen molar-refractivity contribution >= 4 is 5.91 Å². The topological polar surface area (TPSA) is 50.4 Å². The second-order valence-electron chi connectivity index (χ2n) is 4.61. The van der Waals surface area contributed by atoms with Crippen molar-refractivity contribution in [3.63, 3.8) is 0 Å². The van der Waals surface area contributed by atoms with Crippen LogP contribution in [-0.4, -0.2) is 18.5 Å². The zero-order valence-electron chi connectivity index (χ0n) is 11.8. The van der Waals surface area contributed by atoms with E-state index in [1.165, 1.54) is 0 Å². The fourth-order valence-electron chi connectivity index (χ4n) is 1.62. The van der Waals surface area contributed by atoms with Gasteiger partial charge >= 0.3 is 0 Å². The van der Waals surface area contributed by atoms with Gasteiger partial charge in [0.05, 0.1) is 6.61 Å². The largest absolute Gasteiger partial charge is 0.355 e. The van der Waals surface area contributed by atoms with Gasteiger partial charge in [-0.15, -0.1) is 0 Å². The summed E-state index contributed by atoms with van der Waals surface area (Å²) in [5.74, 6) is -0.0239. The molecule has 0 radical (unpaired) electrons. The van der Waals surface area contributed by atoms with Crippen molar-refractivity contribution in [2.24, 2.45) is 0 Å². The van der Waals surface area contributed by atoms with Gasteiger partial charge < -0.3 is 5.32 Å². The molecule has 1 aromatic carbocycles. The lowest BCUT2D eigenvalue weighted by Crippen LogP contribution is -2.42.